The van der Waals surface area contributed by atoms with Gasteiger partial charge in [0.25, 0.3) is 5.69 Å². The van der Waals surface area contributed by atoms with E-state index in [1.807, 2.05) is 29.9 Å². The first-order chi connectivity index (χ1) is 10.7. The molecule has 2 heterocycles. The molecule has 1 N–H and O–H groups in total. The third-order valence-electron chi connectivity index (χ3n) is 4.07. The van der Waals surface area contributed by atoms with Gasteiger partial charge in [0.1, 0.15) is 5.82 Å². The molecule has 124 valence electrons. The van der Waals surface area contributed by atoms with Crippen LogP contribution < -0.4 is 5.32 Å². The number of nitro groups is 1. The Labute approximate surface area is 140 Å². The molecule has 1 aromatic heterocycles. The van der Waals surface area contributed by atoms with Crippen molar-refractivity contribution in [3.8, 4) is 0 Å². The lowest BCUT2D eigenvalue weighted by Crippen LogP contribution is -2.46. The summed E-state index contributed by atoms with van der Waals surface area (Å²) < 4.78 is 2.00. The van der Waals surface area contributed by atoms with E-state index in [0.29, 0.717) is 6.54 Å². The molecular formula is C15H20ClN5O2. The van der Waals surface area contributed by atoms with Gasteiger partial charge in [-0.2, -0.15) is 0 Å². The monoisotopic (exact) mass is 337 g/mol. The largest absolute Gasteiger partial charge is 0.337 e. The SMILES string of the molecule is Cl.Cn1ccnc1C1CNCCN1Cc1ccccc1[N+](=O)[O-]. The van der Waals surface area contributed by atoms with E-state index in [2.05, 4.69) is 15.2 Å². The molecule has 1 aromatic carbocycles. The normalized spacial score (nSPS) is 18.4. The smallest absolute Gasteiger partial charge is 0.273 e. The lowest BCUT2D eigenvalue weighted by Gasteiger charge is -2.35. The van der Waals surface area contributed by atoms with Crippen molar-refractivity contribution >= 4 is 18.1 Å². The van der Waals surface area contributed by atoms with E-state index in [1.54, 1.807) is 18.3 Å². The van der Waals surface area contributed by atoms with Crippen LogP contribution in [0.1, 0.15) is 17.4 Å². The minimum atomic E-state index is -0.312. The molecule has 1 aliphatic rings. The molecule has 0 amide bonds. The first kappa shape index (κ1) is 17.4. The number of nitrogens with zero attached hydrogens (tertiary/aromatic N) is 4. The van der Waals surface area contributed by atoms with Crippen molar-refractivity contribution in [1.29, 1.82) is 0 Å². The fourth-order valence-corrected chi connectivity index (χ4v) is 2.93. The Hall–Kier alpha value is -1.96. The van der Waals surface area contributed by atoms with Crippen LogP contribution in [0.2, 0.25) is 0 Å². The molecular weight excluding hydrogens is 318 g/mol. The molecule has 0 spiro atoms. The zero-order chi connectivity index (χ0) is 15.5. The van der Waals surface area contributed by atoms with Gasteiger partial charge in [-0.1, -0.05) is 18.2 Å². The van der Waals surface area contributed by atoms with Gasteiger partial charge >= 0.3 is 0 Å². The van der Waals surface area contributed by atoms with Crippen molar-refractivity contribution in [3.63, 3.8) is 0 Å². The second-order valence-electron chi connectivity index (χ2n) is 5.47. The maximum atomic E-state index is 11.2. The number of hydrogen-bond acceptors (Lipinski definition) is 5. The zero-order valence-corrected chi connectivity index (χ0v) is 13.7. The zero-order valence-electron chi connectivity index (χ0n) is 12.9. The quantitative estimate of drug-likeness (QED) is 0.681. The van der Waals surface area contributed by atoms with Gasteiger partial charge in [0, 0.05) is 57.3 Å². The molecule has 1 saturated heterocycles. The minimum absolute atomic E-state index is 0. The summed E-state index contributed by atoms with van der Waals surface area (Å²) in [6.07, 6.45) is 3.71. The average Bonchev–Trinajstić information content (AvgIpc) is 2.94. The Morgan fingerprint density at radius 2 is 2.22 bits per heavy atom. The molecule has 23 heavy (non-hydrogen) atoms. The van der Waals surface area contributed by atoms with Gasteiger partial charge in [0.2, 0.25) is 0 Å². The van der Waals surface area contributed by atoms with Crippen molar-refractivity contribution in [2.45, 2.75) is 12.6 Å². The van der Waals surface area contributed by atoms with Gasteiger partial charge in [0.15, 0.2) is 0 Å². The van der Waals surface area contributed by atoms with E-state index >= 15 is 0 Å². The first-order valence-electron chi connectivity index (χ1n) is 7.31. The van der Waals surface area contributed by atoms with Crippen LogP contribution in [-0.2, 0) is 13.6 Å². The molecule has 0 saturated carbocycles. The Bertz CT molecular complexity index is 675. The van der Waals surface area contributed by atoms with Crippen LogP contribution >= 0.6 is 12.4 Å². The second-order valence-corrected chi connectivity index (χ2v) is 5.47. The van der Waals surface area contributed by atoms with Crippen LogP contribution in [0.5, 0.6) is 0 Å². The summed E-state index contributed by atoms with van der Waals surface area (Å²) in [5, 5.41) is 14.6. The number of nitrogens with one attached hydrogen (secondary N) is 1. The Morgan fingerprint density at radius 1 is 1.43 bits per heavy atom. The van der Waals surface area contributed by atoms with Crippen LogP contribution in [0.15, 0.2) is 36.7 Å². The highest BCUT2D eigenvalue weighted by molar-refractivity contribution is 5.85. The van der Waals surface area contributed by atoms with Gasteiger partial charge in [-0.3, -0.25) is 15.0 Å². The highest BCUT2D eigenvalue weighted by atomic mass is 35.5. The Morgan fingerprint density at radius 3 is 2.91 bits per heavy atom. The number of piperazine rings is 1. The van der Waals surface area contributed by atoms with Crippen molar-refractivity contribution in [2.75, 3.05) is 19.6 Å². The molecule has 1 atom stereocenters. The molecule has 7 nitrogen and oxygen atoms in total. The highest BCUT2D eigenvalue weighted by Crippen LogP contribution is 2.26. The lowest BCUT2D eigenvalue weighted by atomic mass is 10.1. The van der Waals surface area contributed by atoms with E-state index in [9.17, 15) is 10.1 Å². The van der Waals surface area contributed by atoms with E-state index in [-0.39, 0.29) is 29.1 Å². The number of hydrogen-bond donors (Lipinski definition) is 1. The summed E-state index contributed by atoms with van der Waals surface area (Å²) in [4.78, 5) is 17.6. The Balaban J connectivity index is 0.00000192. The van der Waals surface area contributed by atoms with Crippen LogP contribution in [-0.4, -0.2) is 39.0 Å². The van der Waals surface area contributed by atoms with Crippen molar-refractivity contribution in [2.24, 2.45) is 7.05 Å². The van der Waals surface area contributed by atoms with E-state index in [4.69, 9.17) is 0 Å². The summed E-state index contributed by atoms with van der Waals surface area (Å²) in [5.41, 5.74) is 0.924. The van der Waals surface area contributed by atoms with E-state index in [1.165, 1.54) is 0 Å². The van der Waals surface area contributed by atoms with Crippen LogP contribution in [0.4, 0.5) is 5.69 Å². The van der Waals surface area contributed by atoms with Gasteiger partial charge in [-0.05, 0) is 0 Å². The average molecular weight is 338 g/mol. The number of rotatable bonds is 4. The number of imidazole rings is 1. The molecule has 8 heteroatoms. The minimum Gasteiger partial charge on any atom is -0.337 e. The van der Waals surface area contributed by atoms with Gasteiger partial charge in [-0.25, -0.2) is 4.98 Å². The van der Waals surface area contributed by atoms with Gasteiger partial charge < -0.3 is 9.88 Å². The number of para-hydroxylation sites is 1. The summed E-state index contributed by atoms with van der Waals surface area (Å²) >= 11 is 0. The third-order valence-corrected chi connectivity index (χ3v) is 4.07. The summed E-state index contributed by atoms with van der Waals surface area (Å²) in [7, 11) is 1.97. The molecule has 0 aliphatic carbocycles. The van der Waals surface area contributed by atoms with Gasteiger partial charge in [-0.15, -0.1) is 12.4 Å². The van der Waals surface area contributed by atoms with Crippen LogP contribution in [0, 0.1) is 10.1 Å². The second kappa shape index (κ2) is 7.54. The van der Waals surface area contributed by atoms with Crippen LogP contribution in [0.3, 0.4) is 0 Å². The molecule has 1 unspecified atom stereocenters. The number of aryl methyl sites for hydroxylation is 1. The third kappa shape index (κ3) is 3.69. The summed E-state index contributed by atoms with van der Waals surface area (Å²) in [6.45, 7) is 3.06. The fraction of sp³-hybridized carbons (Fsp3) is 0.400. The lowest BCUT2D eigenvalue weighted by molar-refractivity contribution is -0.385. The van der Waals surface area contributed by atoms with E-state index in [0.717, 1.165) is 31.0 Å². The van der Waals surface area contributed by atoms with Crippen molar-refractivity contribution < 1.29 is 4.92 Å². The van der Waals surface area contributed by atoms with Crippen molar-refractivity contribution in [3.05, 3.63) is 58.2 Å². The highest BCUT2D eigenvalue weighted by Gasteiger charge is 2.28. The number of aromatic nitrogens is 2. The first-order valence-corrected chi connectivity index (χ1v) is 7.31. The molecule has 0 radical (unpaired) electrons. The maximum Gasteiger partial charge on any atom is 0.273 e. The molecule has 1 fully saturated rings. The molecule has 0 bridgehead atoms. The number of nitro benzene ring substituents is 1. The maximum absolute atomic E-state index is 11.2. The topological polar surface area (TPSA) is 76.2 Å². The molecule has 1 aliphatic heterocycles. The molecule has 2 aromatic rings. The van der Waals surface area contributed by atoms with Gasteiger partial charge in [0.05, 0.1) is 11.0 Å². The predicted molar refractivity (Wildman–Crippen MR) is 89.6 cm³/mol. The Kier molecular flexibility index (Phi) is 5.70. The summed E-state index contributed by atoms with van der Waals surface area (Å²) in [5.74, 6) is 0.978. The molecule has 3 rings (SSSR count). The van der Waals surface area contributed by atoms with Crippen LogP contribution in [0.25, 0.3) is 0 Å². The number of benzene rings is 1. The predicted octanol–water partition coefficient (Wildman–Crippen LogP) is 1.90. The number of halogens is 1. The van der Waals surface area contributed by atoms with Crippen molar-refractivity contribution in [1.82, 2.24) is 19.8 Å². The standard InChI is InChI=1S/C15H19N5O2.ClH/c1-18-8-7-17-15(18)14-10-16-6-9-19(14)11-12-4-2-3-5-13(12)20(21)22;/h2-5,7-8,14,16H,6,9-11H2,1H3;1H. The van der Waals surface area contributed by atoms with E-state index < -0.39 is 0 Å². The summed E-state index contributed by atoms with van der Waals surface area (Å²) in [6, 6.07) is 7.06. The fourth-order valence-electron chi connectivity index (χ4n) is 2.93.